The fraction of sp³-hybridized carbons (Fsp3) is 0.933. The Morgan fingerprint density at radius 1 is 1.32 bits per heavy atom. The maximum Gasteiger partial charge on any atom is 0.408 e. The molecule has 4 heteroatoms. The van der Waals surface area contributed by atoms with Crippen molar-refractivity contribution in [2.24, 2.45) is 5.92 Å². The summed E-state index contributed by atoms with van der Waals surface area (Å²) in [5, 5.41) is 6.67. The quantitative estimate of drug-likeness (QED) is 0.824. The van der Waals surface area contributed by atoms with Crippen LogP contribution in [0.5, 0.6) is 0 Å². The monoisotopic (exact) mass is 268 g/mol. The van der Waals surface area contributed by atoms with Crippen molar-refractivity contribution in [2.75, 3.05) is 6.54 Å². The van der Waals surface area contributed by atoms with E-state index in [0.29, 0.717) is 6.04 Å². The van der Waals surface area contributed by atoms with Gasteiger partial charge in [-0.05, 0) is 58.8 Å². The number of nitrogens with one attached hydrogen (secondary N) is 2. The van der Waals surface area contributed by atoms with Gasteiger partial charge in [-0.1, -0.05) is 6.92 Å². The molecule has 4 nitrogen and oxygen atoms in total. The summed E-state index contributed by atoms with van der Waals surface area (Å²) in [6.07, 6.45) is 5.56. The molecule has 1 amide bonds. The molecule has 2 fully saturated rings. The number of amides is 1. The van der Waals surface area contributed by atoms with Crippen molar-refractivity contribution in [3.63, 3.8) is 0 Å². The molecule has 0 radical (unpaired) electrons. The maximum atomic E-state index is 11.9. The lowest BCUT2D eigenvalue weighted by molar-refractivity contribution is 0.0370. The van der Waals surface area contributed by atoms with Crippen molar-refractivity contribution in [1.29, 1.82) is 0 Å². The van der Waals surface area contributed by atoms with Gasteiger partial charge in [-0.25, -0.2) is 4.79 Å². The Balaban J connectivity index is 1.76. The highest BCUT2D eigenvalue weighted by atomic mass is 16.6. The molecule has 0 spiro atoms. The summed E-state index contributed by atoms with van der Waals surface area (Å²) >= 11 is 0. The van der Waals surface area contributed by atoms with E-state index in [1.807, 2.05) is 20.8 Å². The minimum absolute atomic E-state index is 0.0683. The van der Waals surface area contributed by atoms with Crippen molar-refractivity contribution >= 4 is 6.09 Å². The Hall–Kier alpha value is -0.770. The molecular formula is C15H28N2O2. The lowest BCUT2D eigenvalue weighted by Crippen LogP contribution is -2.61. The SMILES string of the molecule is CC1CC(NCC2(NC(=O)OC(C)(C)C)CCC2)C1. The van der Waals surface area contributed by atoms with Gasteiger partial charge in [0.2, 0.25) is 0 Å². The van der Waals surface area contributed by atoms with E-state index in [-0.39, 0.29) is 11.6 Å². The van der Waals surface area contributed by atoms with Gasteiger partial charge in [0.1, 0.15) is 5.60 Å². The zero-order valence-electron chi connectivity index (χ0n) is 12.7. The van der Waals surface area contributed by atoms with Gasteiger partial charge in [-0.15, -0.1) is 0 Å². The van der Waals surface area contributed by atoms with Crippen LogP contribution < -0.4 is 10.6 Å². The maximum absolute atomic E-state index is 11.9. The number of carbonyl (C=O) groups is 1. The van der Waals surface area contributed by atoms with Crippen LogP contribution >= 0.6 is 0 Å². The normalized spacial score (nSPS) is 29.1. The van der Waals surface area contributed by atoms with Gasteiger partial charge >= 0.3 is 6.09 Å². The summed E-state index contributed by atoms with van der Waals surface area (Å²) < 4.78 is 5.36. The summed E-state index contributed by atoms with van der Waals surface area (Å²) in [5.74, 6) is 0.855. The molecular weight excluding hydrogens is 240 g/mol. The third-order valence-corrected chi connectivity index (χ3v) is 4.18. The molecule has 0 unspecified atom stereocenters. The molecule has 2 aliphatic carbocycles. The molecule has 0 aromatic carbocycles. The van der Waals surface area contributed by atoms with Crippen LogP contribution in [0.4, 0.5) is 4.79 Å². The van der Waals surface area contributed by atoms with Gasteiger partial charge < -0.3 is 15.4 Å². The van der Waals surface area contributed by atoms with Crippen LogP contribution in [0.2, 0.25) is 0 Å². The molecule has 19 heavy (non-hydrogen) atoms. The second-order valence-electron chi connectivity index (χ2n) is 7.42. The summed E-state index contributed by atoms with van der Waals surface area (Å²) in [5.41, 5.74) is -0.493. The van der Waals surface area contributed by atoms with Crippen LogP contribution in [0.3, 0.4) is 0 Å². The van der Waals surface area contributed by atoms with Crippen LogP contribution in [-0.4, -0.2) is 29.8 Å². The highest BCUT2D eigenvalue weighted by Gasteiger charge is 2.40. The summed E-state index contributed by atoms with van der Waals surface area (Å²) in [6.45, 7) is 8.86. The molecule has 0 bridgehead atoms. The number of ether oxygens (including phenoxy) is 1. The Kier molecular flexibility index (Phi) is 4.09. The number of hydrogen-bond acceptors (Lipinski definition) is 3. The zero-order valence-corrected chi connectivity index (χ0v) is 12.7. The molecule has 0 aromatic heterocycles. The second-order valence-corrected chi connectivity index (χ2v) is 7.42. The third kappa shape index (κ3) is 4.10. The van der Waals surface area contributed by atoms with Crippen molar-refractivity contribution < 1.29 is 9.53 Å². The van der Waals surface area contributed by atoms with Crippen molar-refractivity contribution in [2.45, 2.75) is 77.0 Å². The molecule has 0 atom stereocenters. The molecule has 0 heterocycles. The van der Waals surface area contributed by atoms with Gasteiger partial charge in [0.05, 0.1) is 5.54 Å². The van der Waals surface area contributed by atoms with E-state index in [1.54, 1.807) is 0 Å². The van der Waals surface area contributed by atoms with Crippen LogP contribution in [0, 0.1) is 5.92 Å². The zero-order chi connectivity index (χ0) is 14.1. The smallest absolute Gasteiger partial charge is 0.408 e. The predicted molar refractivity (Wildman–Crippen MR) is 76.1 cm³/mol. The van der Waals surface area contributed by atoms with Gasteiger partial charge in [-0.2, -0.15) is 0 Å². The average molecular weight is 268 g/mol. The minimum atomic E-state index is -0.425. The van der Waals surface area contributed by atoms with E-state index in [0.717, 1.165) is 25.3 Å². The first-order valence-corrected chi connectivity index (χ1v) is 7.53. The highest BCUT2D eigenvalue weighted by Crippen LogP contribution is 2.33. The van der Waals surface area contributed by atoms with Crippen LogP contribution in [0.15, 0.2) is 0 Å². The largest absolute Gasteiger partial charge is 0.444 e. The van der Waals surface area contributed by atoms with E-state index in [2.05, 4.69) is 17.6 Å². The molecule has 2 saturated carbocycles. The van der Waals surface area contributed by atoms with Crippen molar-refractivity contribution in [3.8, 4) is 0 Å². The summed E-state index contributed by atoms with van der Waals surface area (Å²) in [6, 6.07) is 0.646. The van der Waals surface area contributed by atoms with Crippen LogP contribution in [0.25, 0.3) is 0 Å². The van der Waals surface area contributed by atoms with E-state index >= 15 is 0 Å². The first kappa shape index (κ1) is 14.6. The molecule has 110 valence electrons. The third-order valence-electron chi connectivity index (χ3n) is 4.18. The first-order chi connectivity index (χ1) is 8.78. The molecule has 0 aliphatic heterocycles. The van der Waals surface area contributed by atoms with Crippen molar-refractivity contribution in [3.05, 3.63) is 0 Å². The second kappa shape index (κ2) is 5.31. The van der Waals surface area contributed by atoms with Gasteiger partial charge in [0.25, 0.3) is 0 Å². The van der Waals surface area contributed by atoms with Gasteiger partial charge in [0.15, 0.2) is 0 Å². The Morgan fingerprint density at radius 3 is 2.37 bits per heavy atom. The minimum Gasteiger partial charge on any atom is -0.444 e. The van der Waals surface area contributed by atoms with Crippen LogP contribution in [0.1, 0.15) is 59.8 Å². The fourth-order valence-electron chi connectivity index (χ4n) is 2.88. The van der Waals surface area contributed by atoms with E-state index in [1.165, 1.54) is 19.3 Å². The highest BCUT2D eigenvalue weighted by molar-refractivity contribution is 5.69. The molecule has 0 saturated heterocycles. The van der Waals surface area contributed by atoms with E-state index < -0.39 is 5.60 Å². The fourth-order valence-corrected chi connectivity index (χ4v) is 2.88. The average Bonchev–Trinajstić information content (AvgIpc) is 2.15. The Morgan fingerprint density at radius 2 is 1.95 bits per heavy atom. The summed E-state index contributed by atoms with van der Waals surface area (Å²) in [4.78, 5) is 11.9. The number of alkyl carbamates (subject to hydrolysis) is 1. The molecule has 0 aromatic rings. The predicted octanol–water partition coefficient (Wildman–Crippen LogP) is 2.82. The number of hydrogen-bond donors (Lipinski definition) is 2. The number of rotatable bonds is 4. The Labute approximate surface area is 116 Å². The standard InChI is InChI=1S/C15H28N2O2/c1-11-8-12(9-11)16-10-15(6-5-7-15)17-13(18)19-14(2,3)4/h11-12,16H,5-10H2,1-4H3,(H,17,18). The van der Waals surface area contributed by atoms with Gasteiger partial charge in [-0.3, -0.25) is 0 Å². The molecule has 2 N–H and O–H groups in total. The van der Waals surface area contributed by atoms with Gasteiger partial charge in [0, 0.05) is 12.6 Å². The van der Waals surface area contributed by atoms with E-state index in [9.17, 15) is 4.79 Å². The lowest BCUT2D eigenvalue weighted by atomic mass is 9.75. The Bertz CT molecular complexity index is 326. The molecule has 2 aliphatic rings. The summed E-state index contributed by atoms with van der Waals surface area (Å²) in [7, 11) is 0. The van der Waals surface area contributed by atoms with Crippen molar-refractivity contribution in [1.82, 2.24) is 10.6 Å². The number of carbonyl (C=O) groups excluding carboxylic acids is 1. The lowest BCUT2D eigenvalue weighted by Gasteiger charge is -2.45. The van der Waals surface area contributed by atoms with E-state index in [4.69, 9.17) is 4.74 Å². The topological polar surface area (TPSA) is 50.4 Å². The molecule has 2 rings (SSSR count). The first-order valence-electron chi connectivity index (χ1n) is 7.53. The van der Waals surface area contributed by atoms with Crippen LogP contribution in [-0.2, 0) is 4.74 Å².